The molecule has 2 N–H and O–H groups in total. The van der Waals surface area contributed by atoms with Gasteiger partial charge in [-0.1, -0.05) is 30.3 Å². The van der Waals surface area contributed by atoms with Crippen LogP contribution in [-0.2, 0) is 9.59 Å². The number of Topliss-reactive ketones (excluding diaryl/α,β-unsaturated/α-hetero) is 1. The lowest BCUT2D eigenvalue weighted by Crippen LogP contribution is -2.27. The Labute approximate surface area is 216 Å². The lowest BCUT2D eigenvalue weighted by Gasteiger charge is -2.30. The third kappa shape index (κ3) is 5.03. The molecule has 0 radical (unpaired) electrons. The Morgan fingerprint density at radius 1 is 0.946 bits per heavy atom. The van der Waals surface area contributed by atoms with Gasteiger partial charge in [-0.2, -0.15) is 0 Å². The number of para-hydroxylation sites is 2. The standard InChI is InChI=1S/C30H30N2O5/c1-4-36-28-17-20(11-14-27(28)37-18(2)33)30-29-25(31-23-7-5-6-8-24(23)32-30)15-21(16-26(29)34)19-9-12-22(35-3)13-10-19/h5-14,17,21,30-32H,4,15-16H2,1-3H3. The molecule has 1 aliphatic heterocycles. The van der Waals surface area contributed by atoms with Gasteiger partial charge in [-0.05, 0) is 66.8 Å². The number of anilines is 2. The second-order valence-electron chi connectivity index (χ2n) is 9.17. The average Bonchev–Trinajstić information content (AvgIpc) is 3.06. The summed E-state index contributed by atoms with van der Waals surface area (Å²) in [4.78, 5) is 25.4. The maximum Gasteiger partial charge on any atom is 0.308 e. The zero-order valence-corrected chi connectivity index (χ0v) is 21.2. The summed E-state index contributed by atoms with van der Waals surface area (Å²) in [6.45, 7) is 3.64. The zero-order valence-electron chi connectivity index (χ0n) is 21.2. The predicted octanol–water partition coefficient (Wildman–Crippen LogP) is 6.00. The van der Waals surface area contributed by atoms with E-state index in [4.69, 9.17) is 14.2 Å². The number of rotatable bonds is 6. The van der Waals surface area contributed by atoms with Gasteiger partial charge in [-0.3, -0.25) is 9.59 Å². The van der Waals surface area contributed by atoms with E-state index in [9.17, 15) is 9.59 Å². The fourth-order valence-corrected chi connectivity index (χ4v) is 5.07. The quantitative estimate of drug-likeness (QED) is 0.318. The first-order chi connectivity index (χ1) is 18.0. The predicted molar refractivity (Wildman–Crippen MR) is 142 cm³/mol. The highest BCUT2D eigenvalue weighted by Gasteiger charge is 2.36. The lowest BCUT2D eigenvalue weighted by atomic mass is 9.78. The number of esters is 1. The molecule has 37 heavy (non-hydrogen) atoms. The van der Waals surface area contributed by atoms with E-state index < -0.39 is 12.0 Å². The molecule has 7 heteroatoms. The van der Waals surface area contributed by atoms with Gasteiger partial charge in [0.2, 0.25) is 0 Å². The van der Waals surface area contributed by atoms with E-state index in [1.807, 2.05) is 67.6 Å². The Kier molecular flexibility index (Phi) is 6.86. The van der Waals surface area contributed by atoms with Crippen molar-refractivity contribution in [3.63, 3.8) is 0 Å². The Balaban J connectivity index is 1.57. The number of hydrogen-bond acceptors (Lipinski definition) is 7. The van der Waals surface area contributed by atoms with Gasteiger partial charge in [0.15, 0.2) is 17.3 Å². The molecule has 0 saturated carbocycles. The van der Waals surface area contributed by atoms with Crippen molar-refractivity contribution < 1.29 is 23.8 Å². The van der Waals surface area contributed by atoms with Crippen LogP contribution < -0.4 is 24.8 Å². The van der Waals surface area contributed by atoms with Crippen LogP contribution in [0.2, 0.25) is 0 Å². The third-order valence-corrected chi connectivity index (χ3v) is 6.75. The summed E-state index contributed by atoms with van der Waals surface area (Å²) in [5.74, 6) is 1.33. The van der Waals surface area contributed by atoms with Crippen molar-refractivity contribution in [2.45, 2.75) is 38.6 Å². The summed E-state index contributed by atoms with van der Waals surface area (Å²) >= 11 is 0. The maximum absolute atomic E-state index is 13.8. The maximum atomic E-state index is 13.8. The van der Waals surface area contributed by atoms with E-state index in [2.05, 4.69) is 10.6 Å². The van der Waals surface area contributed by atoms with Crippen LogP contribution in [0.15, 0.2) is 78.0 Å². The third-order valence-electron chi connectivity index (χ3n) is 6.75. The van der Waals surface area contributed by atoms with Gasteiger partial charge >= 0.3 is 5.97 Å². The number of fused-ring (bicyclic) bond motifs is 1. The summed E-state index contributed by atoms with van der Waals surface area (Å²) in [6, 6.07) is 20.9. The van der Waals surface area contributed by atoms with Crippen LogP contribution in [0.1, 0.15) is 49.8 Å². The van der Waals surface area contributed by atoms with Crippen molar-refractivity contribution in [2.75, 3.05) is 24.4 Å². The van der Waals surface area contributed by atoms with Crippen molar-refractivity contribution >= 4 is 23.1 Å². The van der Waals surface area contributed by atoms with Gasteiger partial charge < -0.3 is 24.8 Å². The molecule has 0 spiro atoms. The Hall–Kier alpha value is -4.26. The topological polar surface area (TPSA) is 85.9 Å². The van der Waals surface area contributed by atoms with Gasteiger partial charge in [0.05, 0.1) is 31.1 Å². The van der Waals surface area contributed by atoms with E-state index in [0.717, 1.165) is 33.9 Å². The normalized spacial score (nSPS) is 18.5. The van der Waals surface area contributed by atoms with Gasteiger partial charge in [0.1, 0.15) is 5.75 Å². The Bertz CT molecular complexity index is 1360. The van der Waals surface area contributed by atoms with Crippen LogP contribution >= 0.6 is 0 Å². The minimum absolute atomic E-state index is 0.0564. The number of allylic oxidation sites excluding steroid dienone is 1. The van der Waals surface area contributed by atoms with Gasteiger partial charge in [0, 0.05) is 24.6 Å². The molecule has 0 fully saturated rings. The molecule has 1 heterocycles. The number of methoxy groups -OCH3 is 1. The summed E-state index contributed by atoms with van der Waals surface area (Å²) in [7, 11) is 1.64. The number of ether oxygens (including phenoxy) is 3. The van der Waals surface area contributed by atoms with Crippen molar-refractivity contribution in [1.29, 1.82) is 0 Å². The molecule has 0 amide bonds. The smallest absolute Gasteiger partial charge is 0.308 e. The Morgan fingerprint density at radius 3 is 2.38 bits per heavy atom. The monoisotopic (exact) mass is 498 g/mol. The zero-order chi connectivity index (χ0) is 25.9. The summed E-state index contributed by atoms with van der Waals surface area (Å²) in [6.07, 6.45) is 1.11. The van der Waals surface area contributed by atoms with E-state index in [1.54, 1.807) is 13.2 Å². The molecule has 3 aromatic rings. The molecule has 0 bridgehead atoms. The van der Waals surface area contributed by atoms with Crippen molar-refractivity contribution in [2.24, 2.45) is 0 Å². The van der Waals surface area contributed by atoms with Crippen molar-refractivity contribution in [1.82, 2.24) is 0 Å². The fraction of sp³-hybridized carbons (Fsp3) is 0.267. The molecule has 0 saturated heterocycles. The molecule has 3 aromatic carbocycles. The number of benzene rings is 3. The SMILES string of the molecule is CCOc1cc(C2Nc3ccccc3NC3=C2C(=O)CC(c2ccc(OC)cc2)C3)ccc1OC(C)=O. The first-order valence-electron chi connectivity index (χ1n) is 12.4. The van der Waals surface area contributed by atoms with Gasteiger partial charge in [0.25, 0.3) is 0 Å². The number of nitrogens with one attached hydrogen (secondary N) is 2. The highest BCUT2D eigenvalue weighted by atomic mass is 16.6. The minimum atomic E-state index is -0.420. The lowest BCUT2D eigenvalue weighted by molar-refractivity contribution is -0.132. The van der Waals surface area contributed by atoms with Gasteiger partial charge in [-0.25, -0.2) is 0 Å². The number of ketones is 1. The fourth-order valence-electron chi connectivity index (χ4n) is 5.07. The van der Waals surface area contributed by atoms with Crippen molar-refractivity contribution in [3.05, 3.63) is 89.1 Å². The molecule has 190 valence electrons. The molecular weight excluding hydrogens is 468 g/mol. The van der Waals surface area contributed by atoms with E-state index in [1.165, 1.54) is 6.92 Å². The molecule has 2 unspecified atom stereocenters. The second-order valence-corrected chi connectivity index (χ2v) is 9.17. The number of carbonyl (C=O) groups excluding carboxylic acids is 2. The van der Waals surface area contributed by atoms with Crippen LogP contribution in [0, 0.1) is 0 Å². The Morgan fingerprint density at radius 2 is 1.68 bits per heavy atom. The van der Waals surface area contributed by atoms with Crippen LogP contribution in [0.3, 0.4) is 0 Å². The van der Waals surface area contributed by atoms with Crippen LogP contribution in [0.4, 0.5) is 11.4 Å². The van der Waals surface area contributed by atoms with E-state index >= 15 is 0 Å². The first-order valence-corrected chi connectivity index (χ1v) is 12.4. The molecule has 7 nitrogen and oxygen atoms in total. The van der Waals surface area contributed by atoms with Crippen LogP contribution in [-0.4, -0.2) is 25.5 Å². The van der Waals surface area contributed by atoms with Crippen molar-refractivity contribution in [3.8, 4) is 17.2 Å². The highest BCUT2D eigenvalue weighted by molar-refractivity contribution is 6.01. The number of hydrogen-bond donors (Lipinski definition) is 2. The molecule has 2 aliphatic rings. The minimum Gasteiger partial charge on any atom is -0.497 e. The van der Waals surface area contributed by atoms with Gasteiger partial charge in [-0.15, -0.1) is 0 Å². The molecule has 0 aromatic heterocycles. The molecule has 1 aliphatic carbocycles. The number of carbonyl (C=O) groups is 2. The van der Waals surface area contributed by atoms with Crippen LogP contribution in [0.5, 0.6) is 17.2 Å². The van der Waals surface area contributed by atoms with E-state index in [-0.39, 0.29) is 11.7 Å². The molecule has 5 rings (SSSR count). The first kappa shape index (κ1) is 24.4. The summed E-state index contributed by atoms with van der Waals surface area (Å²) < 4.78 is 16.4. The average molecular weight is 499 g/mol. The second kappa shape index (κ2) is 10.4. The molecular formula is C30H30N2O5. The largest absolute Gasteiger partial charge is 0.497 e. The van der Waals surface area contributed by atoms with Crippen LogP contribution in [0.25, 0.3) is 0 Å². The summed E-state index contributed by atoms with van der Waals surface area (Å²) in [5.41, 5.74) is 5.39. The molecule has 2 atom stereocenters. The summed E-state index contributed by atoms with van der Waals surface area (Å²) in [5, 5.41) is 7.15. The van der Waals surface area contributed by atoms with E-state index in [0.29, 0.717) is 36.5 Å². The highest BCUT2D eigenvalue weighted by Crippen LogP contribution is 2.45.